The molecular formula is C15H15BrF2N2. The van der Waals surface area contributed by atoms with E-state index < -0.39 is 11.6 Å². The molecule has 0 spiro atoms. The van der Waals surface area contributed by atoms with Gasteiger partial charge >= 0.3 is 0 Å². The molecule has 5 heteroatoms. The van der Waals surface area contributed by atoms with E-state index in [2.05, 4.69) is 21.4 Å². The van der Waals surface area contributed by atoms with Gasteiger partial charge in [-0.25, -0.2) is 8.78 Å². The van der Waals surface area contributed by atoms with Crippen molar-refractivity contribution in [1.82, 2.24) is 5.43 Å². The van der Waals surface area contributed by atoms with Crippen molar-refractivity contribution in [1.29, 1.82) is 0 Å². The molecule has 0 aliphatic heterocycles. The van der Waals surface area contributed by atoms with E-state index in [1.165, 1.54) is 6.07 Å². The van der Waals surface area contributed by atoms with Gasteiger partial charge in [-0.05, 0) is 54.3 Å². The normalized spacial score (nSPS) is 12.4. The standard InChI is InChI=1S/C15H15BrF2N2/c16-12-3-1-2-10(6-12)7-14(20-19)9-11-8-13(17)4-5-15(11)18/h1-6,8,14,20H,7,9,19H2. The van der Waals surface area contributed by atoms with Crippen molar-refractivity contribution in [3.63, 3.8) is 0 Å². The predicted molar refractivity (Wildman–Crippen MR) is 79.0 cm³/mol. The van der Waals surface area contributed by atoms with Gasteiger partial charge in [-0.1, -0.05) is 28.1 Å². The third-order valence-electron chi connectivity index (χ3n) is 3.08. The summed E-state index contributed by atoms with van der Waals surface area (Å²) in [5.74, 6) is 4.66. The predicted octanol–water partition coefficient (Wildman–Crippen LogP) is 3.34. The van der Waals surface area contributed by atoms with E-state index in [4.69, 9.17) is 5.84 Å². The fourth-order valence-corrected chi connectivity index (χ4v) is 2.55. The summed E-state index contributed by atoms with van der Waals surface area (Å²) in [4.78, 5) is 0. The van der Waals surface area contributed by atoms with Gasteiger partial charge in [0.15, 0.2) is 0 Å². The summed E-state index contributed by atoms with van der Waals surface area (Å²) >= 11 is 3.40. The van der Waals surface area contributed by atoms with Gasteiger partial charge in [0, 0.05) is 10.5 Å². The second kappa shape index (κ2) is 6.92. The van der Waals surface area contributed by atoms with Crippen molar-refractivity contribution in [2.24, 2.45) is 5.84 Å². The van der Waals surface area contributed by atoms with Crippen molar-refractivity contribution < 1.29 is 8.78 Å². The number of nitrogens with one attached hydrogen (secondary N) is 1. The lowest BCUT2D eigenvalue weighted by molar-refractivity contribution is 0.502. The first-order valence-corrected chi connectivity index (χ1v) is 7.02. The molecule has 0 aromatic heterocycles. The molecule has 0 radical (unpaired) electrons. The van der Waals surface area contributed by atoms with Crippen LogP contribution in [-0.4, -0.2) is 6.04 Å². The summed E-state index contributed by atoms with van der Waals surface area (Å²) in [6.45, 7) is 0. The molecule has 2 aromatic rings. The second-order valence-corrected chi connectivity index (χ2v) is 5.55. The van der Waals surface area contributed by atoms with E-state index in [1.807, 2.05) is 24.3 Å². The van der Waals surface area contributed by atoms with E-state index in [9.17, 15) is 8.78 Å². The van der Waals surface area contributed by atoms with Gasteiger partial charge in [0.2, 0.25) is 0 Å². The number of rotatable bonds is 5. The highest BCUT2D eigenvalue weighted by Crippen LogP contribution is 2.16. The molecular weight excluding hydrogens is 326 g/mol. The number of nitrogens with two attached hydrogens (primary N) is 1. The Kier molecular flexibility index (Phi) is 5.23. The van der Waals surface area contributed by atoms with Gasteiger partial charge in [0.25, 0.3) is 0 Å². The van der Waals surface area contributed by atoms with Crippen LogP contribution in [0.25, 0.3) is 0 Å². The summed E-state index contributed by atoms with van der Waals surface area (Å²) in [5.41, 5.74) is 4.05. The Morgan fingerprint density at radius 2 is 1.90 bits per heavy atom. The largest absolute Gasteiger partial charge is 0.271 e. The van der Waals surface area contributed by atoms with Crippen LogP contribution in [0, 0.1) is 11.6 Å². The molecule has 0 heterocycles. The number of hydrogen-bond donors (Lipinski definition) is 2. The fourth-order valence-electron chi connectivity index (χ4n) is 2.10. The minimum atomic E-state index is -0.445. The number of benzene rings is 2. The molecule has 3 N–H and O–H groups in total. The average molecular weight is 341 g/mol. The van der Waals surface area contributed by atoms with Crippen molar-refractivity contribution in [3.05, 3.63) is 69.7 Å². The molecule has 2 aromatic carbocycles. The Morgan fingerprint density at radius 3 is 2.60 bits per heavy atom. The number of halogens is 3. The van der Waals surface area contributed by atoms with Crippen LogP contribution < -0.4 is 11.3 Å². The first kappa shape index (κ1) is 15.1. The molecule has 2 nitrogen and oxygen atoms in total. The lowest BCUT2D eigenvalue weighted by atomic mass is 9.99. The monoisotopic (exact) mass is 340 g/mol. The van der Waals surface area contributed by atoms with Crippen molar-refractivity contribution in [3.8, 4) is 0 Å². The Bertz CT molecular complexity index is 590. The second-order valence-electron chi connectivity index (χ2n) is 4.64. The molecule has 0 fully saturated rings. The van der Waals surface area contributed by atoms with Crippen molar-refractivity contribution >= 4 is 15.9 Å². The van der Waals surface area contributed by atoms with Crippen LogP contribution in [0.2, 0.25) is 0 Å². The quantitative estimate of drug-likeness (QED) is 0.647. The first-order chi connectivity index (χ1) is 9.58. The van der Waals surface area contributed by atoms with E-state index >= 15 is 0 Å². The average Bonchev–Trinajstić information content (AvgIpc) is 2.42. The van der Waals surface area contributed by atoms with Gasteiger partial charge in [0.05, 0.1) is 0 Å². The molecule has 1 atom stereocenters. The van der Waals surface area contributed by atoms with Crippen LogP contribution in [0.15, 0.2) is 46.9 Å². The van der Waals surface area contributed by atoms with Gasteiger partial charge < -0.3 is 0 Å². The minimum Gasteiger partial charge on any atom is -0.271 e. The highest BCUT2D eigenvalue weighted by atomic mass is 79.9. The summed E-state index contributed by atoms with van der Waals surface area (Å²) in [7, 11) is 0. The molecule has 0 saturated carbocycles. The number of hydrazine groups is 1. The van der Waals surface area contributed by atoms with Crippen molar-refractivity contribution in [2.75, 3.05) is 0 Å². The Labute approximate surface area is 125 Å². The maximum Gasteiger partial charge on any atom is 0.126 e. The molecule has 0 amide bonds. The maximum absolute atomic E-state index is 13.6. The van der Waals surface area contributed by atoms with Crippen molar-refractivity contribution in [2.45, 2.75) is 18.9 Å². The molecule has 0 aliphatic carbocycles. The number of hydrogen-bond acceptors (Lipinski definition) is 2. The molecule has 106 valence electrons. The Balaban J connectivity index is 2.11. The van der Waals surface area contributed by atoms with Gasteiger partial charge in [-0.2, -0.15) is 0 Å². The van der Waals surface area contributed by atoms with Crippen LogP contribution in [0.5, 0.6) is 0 Å². The molecule has 1 unspecified atom stereocenters. The highest BCUT2D eigenvalue weighted by molar-refractivity contribution is 9.10. The zero-order chi connectivity index (χ0) is 14.5. The summed E-state index contributed by atoms with van der Waals surface area (Å²) < 4.78 is 27.8. The Morgan fingerprint density at radius 1 is 1.10 bits per heavy atom. The Hall–Kier alpha value is -1.30. The van der Waals surface area contributed by atoms with Crippen LogP contribution in [-0.2, 0) is 12.8 Å². The van der Waals surface area contributed by atoms with E-state index in [-0.39, 0.29) is 6.04 Å². The first-order valence-electron chi connectivity index (χ1n) is 6.23. The highest BCUT2D eigenvalue weighted by Gasteiger charge is 2.13. The fraction of sp³-hybridized carbons (Fsp3) is 0.200. The SMILES string of the molecule is NNC(Cc1cccc(Br)c1)Cc1cc(F)ccc1F. The van der Waals surface area contributed by atoms with E-state index in [0.717, 1.165) is 22.2 Å². The van der Waals surface area contributed by atoms with Gasteiger partial charge in [-0.3, -0.25) is 11.3 Å². The summed E-state index contributed by atoms with van der Waals surface area (Å²) in [6.07, 6.45) is 0.957. The summed E-state index contributed by atoms with van der Waals surface area (Å²) in [5, 5.41) is 0. The van der Waals surface area contributed by atoms with Crippen LogP contribution in [0.1, 0.15) is 11.1 Å². The molecule has 0 aliphatic rings. The smallest absolute Gasteiger partial charge is 0.126 e. The molecule has 2 rings (SSSR count). The summed E-state index contributed by atoms with van der Waals surface area (Å²) in [6, 6.07) is 11.1. The van der Waals surface area contributed by atoms with E-state index in [0.29, 0.717) is 18.4 Å². The third-order valence-corrected chi connectivity index (χ3v) is 3.57. The lowest BCUT2D eigenvalue weighted by Gasteiger charge is -2.16. The topological polar surface area (TPSA) is 38.0 Å². The zero-order valence-electron chi connectivity index (χ0n) is 10.7. The van der Waals surface area contributed by atoms with Gasteiger partial charge in [-0.15, -0.1) is 0 Å². The van der Waals surface area contributed by atoms with Crippen LogP contribution in [0.3, 0.4) is 0 Å². The maximum atomic E-state index is 13.6. The lowest BCUT2D eigenvalue weighted by Crippen LogP contribution is -2.38. The minimum absolute atomic E-state index is 0.166. The van der Waals surface area contributed by atoms with Crippen LogP contribution >= 0.6 is 15.9 Å². The molecule has 0 saturated heterocycles. The van der Waals surface area contributed by atoms with Crippen LogP contribution in [0.4, 0.5) is 8.78 Å². The molecule has 0 bridgehead atoms. The van der Waals surface area contributed by atoms with Gasteiger partial charge in [0.1, 0.15) is 11.6 Å². The zero-order valence-corrected chi connectivity index (χ0v) is 12.3. The molecule has 20 heavy (non-hydrogen) atoms. The third kappa shape index (κ3) is 4.10. The van der Waals surface area contributed by atoms with E-state index in [1.54, 1.807) is 0 Å².